The summed E-state index contributed by atoms with van der Waals surface area (Å²) >= 11 is 0. The zero-order valence-electron chi connectivity index (χ0n) is 23.7. The van der Waals surface area contributed by atoms with Gasteiger partial charge >= 0.3 is 0 Å². The predicted molar refractivity (Wildman–Crippen MR) is 156 cm³/mol. The molecule has 0 radical (unpaired) electrons. The fourth-order valence-electron chi connectivity index (χ4n) is 5.55. The normalized spacial score (nSPS) is 15.1. The summed E-state index contributed by atoms with van der Waals surface area (Å²) in [6.07, 6.45) is 4.76. The van der Waals surface area contributed by atoms with E-state index in [2.05, 4.69) is 68.8 Å². The fourth-order valence-corrected chi connectivity index (χ4v) is 5.55. The van der Waals surface area contributed by atoms with Gasteiger partial charge in [0.25, 0.3) is 0 Å². The molecule has 202 valence electrons. The smallest absolute Gasteiger partial charge is 0.126 e. The van der Waals surface area contributed by atoms with Gasteiger partial charge in [0, 0.05) is 43.1 Å². The van der Waals surface area contributed by atoms with E-state index in [0.717, 1.165) is 55.8 Å². The highest BCUT2D eigenvalue weighted by Gasteiger charge is 2.33. The number of nitrogens with zero attached hydrogens (tertiary/aromatic N) is 2. The third kappa shape index (κ3) is 6.33. The quantitative estimate of drug-likeness (QED) is 0.289. The Hall–Kier alpha value is -3.02. The van der Waals surface area contributed by atoms with Crippen molar-refractivity contribution >= 4 is 5.69 Å². The van der Waals surface area contributed by atoms with Crippen molar-refractivity contribution < 1.29 is 9.13 Å². The molecule has 0 atom stereocenters. The molecule has 0 aliphatic carbocycles. The molecule has 38 heavy (non-hydrogen) atoms. The van der Waals surface area contributed by atoms with Crippen molar-refractivity contribution in [3.8, 4) is 11.1 Å². The lowest BCUT2D eigenvalue weighted by Gasteiger charge is -2.41. The highest BCUT2D eigenvalue weighted by molar-refractivity contribution is 5.83. The molecule has 1 fully saturated rings. The lowest BCUT2D eigenvalue weighted by molar-refractivity contribution is -0.0334. The summed E-state index contributed by atoms with van der Waals surface area (Å²) in [4.78, 5) is 7.51. The first-order chi connectivity index (χ1) is 18.2. The van der Waals surface area contributed by atoms with Crippen molar-refractivity contribution in [3.63, 3.8) is 0 Å². The maximum Gasteiger partial charge on any atom is 0.126 e. The van der Waals surface area contributed by atoms with Crippen LogP contribution in [-0.4, -0.2) is 30.3 Å². The Morgan fingerprint density at radius 2 is 1.68 bits per heavy atom. The second-order valence-corrected chi connectivity index (χ2v) is 10.8. The Labute approximate surface area is 227 Å². The van der Waals surface area contributed by atoms with Gasteiger partial charge in [0.1, 0.15) is 5.82 Å². The molecule has 1 aliphatic rings. The van der Waals surface area contributed by atoms with Crippen LogP contribution >= 0.6 is 0 Å². The highest BCUT2D eigenvalue weighted by Crippen LogP contribution is 2.40. The first-order valence-electron chi connectivity index (χ1n) is 13.8. The van der Waals surface area contributed by atoms with Gasteiger partial charge in [-0.2, -0.15) is 0 Å². The van der Waals surface area contributed by atoms with Gasteiger partial charge in [-0.3, -0.25) is 4.98 Å². The Bertz CT molecular complexity index is 1260. The second kappa shape index (κ2) is 12.2. The minimum atomic E-state index is -0.157. The van der Waals surface area contributed by atoms with Crippen molar-refractivity contribution in [1.82, 2.24) is 10.3 Å². The number of halogens is 1. The number of aryl methyl sites for hydroxylation is 3. The number of pyridine rings is 1. The molecule has 0 saturated carbocycles. The van der Waals surface area contributed by atoms with E-state index in [-0.39, 0.29) is 11.4 Å². The molecule has 2 heterocycles. The molecule has 1 aromatic heterocycles. The van der Waals surface area contributed by atoms with E-state index in [1.807, 2.05) is 18.2 Å². The highest BCUT2D eigenvalue weighted by atomic mass is 19.1. The molecule has 4 rings (SSSR count). The van der Waals surface area contributed by atoms with E-state index in [0.29, 0.717) is 18.7 Å². The first kappa shape index (κ1) is 28.0. The van der Waals surface area contributed by atoms with Gasteiger partial charge in [-0.05, 0) is 80.8 Å². The second-order valence-electron chi connectivity index (χ2n) is 10.8. The van der Waals surface area contributed by atoms with Crippen molar-refractivity contribution in [3.05, 3.63) is 94.6 Å². The van der Waals surface area contributed by atoms with Crippen molar-refractivity contribution in [2.45, 2.75) is 72.6 Å². The van der Waals surface area contributed by atoms with Gasteiger partial charge in [-0.15, -0.1) is 6.58 Å². The molecule has 1 N–H and O–H groups in total. The number of nitrogens with one attached hydrogen (secondary N) is 1. The largest absolute Gasteiger partial charge is 0.371 e. The maximum atomic E-state index is 13.6. The Balaban J connectivity index is 1.54. The number of ether oxygens (including phenoxy) is 1. The Morgan fingerprint density at radius 1 is 1.03 bits per heavy atom. The van der Waals surface area contributed by atoms with Crippen LogP contribution in [0.1, 0.15) is 60.3 Å². The van der Waals surface area contributed by atoms with E-state index >= 15 is 0 Å². The number of benzene rings is 2. The Kier molecular flexibility index (Phi) is 9.01. The summed E-state index contributed by atoms with van der Waals surface area (Å²) in [5, 5.41) is 3.49. The average molecular weight is 516 g/mol. The molecular weight excluding hydrogens is 473 g/mol. The van der Waals surface area contributed by atoms with Crippen molar-refractivity contribution in [2.75, 3.05) is 24.6 Å². The minimum Gasteiger partial charge on any atom is -0.371 e. The van der Waals surface area contributed by atoms with Crippen molar-refractivity contribution in [2.24, 2.45) is 0 Å². The molecule has 0 unspecified atom stereocenters. The van der Waals surface area contributed by atoms with E-state index in [9.17, 15) is 4.39 Å². The zero-order chi connectivity index (χ0) is 27.3. The van der Waals surface area contributed by atoms with Crippen LogP contribution in [0.15, 0.2) is 55.1 Å². The number of hydrogen-bond donors (Lipinski definition) is 1. The van der Waals surface area contributed by atoms with Gasteiger partial charge in [-0.25, -0.2) is 4.39 Å². The monoisotopic (exact) mass is 515 g/mol. The summed E-state index contributed by atoms with van der Waals surface area (Å²) in [7, 11) is 0. The summed E-state index contributed by atoms with van der Waals surface area (Å²) in [6, 6.07) is 14.1. The SMILES string of the molecule is C=CCOC1(C)CCN(c2c(CC)c(C)nc(C)c2-c2ccc(CNCc3ccc(F)c(C)c3)cc2)CC1. The van der Waals surface area contributed by atoms with E-state index in [1.165, 1.54) is 27.9 Å². The van der Waals surface area contributed by atoms with Crippen LogP contribution in [0, 0.1) is 26.6 Å². The van der Waals surface area contributed by atoms with Gasteiger partial charge in [0.15, 0.2) is 0 Å². The van der Waals surface area contributed by atoms with E-state index in [4.69, 9.17) is 9.72 Å². The zero-order valence-corrected chi connectivity index (χ0v) is 23.7. The molecule has 4 nitrogen and oxygen atoms in total. The van der Waals surface area contributed by atoms with Crippen LogP contribution in [0.5, 0.6) is 0 Å². The summed E-state index contributed by atoms with van der Waals surface area (Å²) in [6.45, 7) is 18.3. The molecule has 3 aromatic rings. The fraction of sp³-hybridized carbons (Fsp3) is 0.424. The topological polar surface area (TPSA) is 37.4 Å². The standard InChI is InChI=1S/C33H42FN3O/c1-7-19-38-33(6)15-17-37(18-16-33)32-29(8-2)24(4)36-25(5)31(32)28-12-9-26(10-13-28)21-35-22-27-11-14-30(34)23(3)20-27/h7,9-14,20,35H,1,8,15-19,21-22H2,2-6H3. The number of anilines is 1. The maximum absolute atomic E-state index is 13.6. The molecule has 5 heteroatoms. The third-order valence-corrected chi connectivity index (χ3v) is 7.82. The van der Waals surface area contributed by atoms with E-state index in [1.54, 1.807) is 13.0 Å². The van der Waals surface area contributed by atoms with Crippen molar-refractivity contribution in [1.29, 1.82) is 0 Å². The number of hydrogen-bond acceptors (Lipinski definition) is 4. The van der Waals surface area contributed by atoms with E-state index < -0.39 is 0 Å². The summed E-state index contributed by atoms with van der Waals surface area (Å²) in [5.74, 6) is -0.157. The van der Waals surface area contributed by atoms with Crippen LogP contribution in [0.25, 0.3) is 11.1 Å². The summed E-state index contributed by atoms with van der Waals surface area (Å²) < 4.78 is 19.7. The molecule has 2 aromatic carbocycles. The van der Waals surface area contributed by atoms with Crippen LogP contribution < -0.4 is 10.2 Å². The third-order valence-electron chi connectivity index (χ3n) is 7.82. The van der Waals surface area contributed by atoms with Crippen LogP contribution in [0.2, 0.25) is 0 Å². The molecule has 0 bridgehead atoms. The summed E-state index contributed by atoms with van der Waals surface area (Å²) in [5.41, 5.74) is 10.2. The number of aromatic nitrogens is 1. The Morgan fingerprint density at radius 3 is 2.32 bits per heavy atom. The number of rotatable bonds is 10. The van der Waals surface area contributed by atoms with Gasteiger partial charge in [0.2, 0.25) is 0 Å². The lowest BCUT2D eigenvalue weighted by Crippen LogP contribution is -2.45. The number of piperidine rings is 1. The molecule has 0 spiro atoms. The first-order valence-corrected chi connectivity index (χ1v) is 13.8. The predicted octanol–water partition coefficient (Wildman–Crippen LogP) is 7.23. The lowest BCUT2D eigenvalue weighted by atomic mass is 9.90. The van der Waals surface area contributed by atoms with Gasteiger partial charge in [0.05, 0.1) is 17.9 Å². The van der Waals surface area contributed by atoms with Crippen LogP contribution in [0.4, 0.5) is 10.1 Å². The van der Waals surface area contributed by atoms with Crippen LogP contribution in [-0.2, 0) is 24.2 Å². The molecular formula is C33H42FN3O. The van der Waals surface area contributed by atoms with Crippen LogP contribution in [0.3, 0.4) is 0 Å². The van der Waals surface area contributed by atoms with Gasteiger partial charge < -0.3 is 15.0 Å². The molecule has 1 aliphatic heterocycles. The molecule has 1 saturated heterocycles. The molecule has 0 amide bonds. The minimum absolute atomic E-state index is 0.102. The average Bonchev–Trinajstić information content (AvgIpc) is 2.90. The van der Waals surface area contributed by atoms with Gasteiger partial charge in [-0.1, -0.05) is 49.4 Å².